The van der Waals surface area contributed by atoms with Gasteiger partial charge in [-0.15, -0.1) is 11.3 Å². The fourth-order valence-electron chi connectivity index (χ4n) is 3.10. The van der Waals surface area contributed by atoms with Gasteiger partial charge in [-0.25, -0.2) is 9.97 Å². The fourth-order valence-corrected chi connectivity index (χ4v) is 3.98. The van der Waals surface area contributed by atoms with E-state index in [9.17, 15) is 4.79 Å². The number of hydrogen-bond donors (Lipinski definition) is 2. The van der Waals surface area contributed by atoms with Gasteiger partial charge in [-0.05, 0) is 42.8 Å². The Morgan fingerprint density at radius 3 is 2.67 bits per heavy atom. The first kappa shape index (κ1) is 19.9. The van der Waals surface area contributed by atoms with Crippen molar-refractivity contribution in [2.75, 3.05) is 5.32 Å². The lowest BCUT2D eigenvalue weighted by atomic mass is 9.96. The lowest BCUT2D eigenvalue weighted by molar-refractivity contribution is 0.0944. The van der Waals surface area contributed by atoms with E-state index in [0.29, 0.717) is 10.8 Å². The van der Waals surface area contributed by atoms with Crippen molar-refractivity contribution in [2.24, 2.45) is 0 Å². The first-order valence-electron chi connectivity index (χ1n) is 9.71. The predicted octanol–water partition coefficient (Wildman–Crippen LogP) is 3.70. The van der Waals surface area contributed by atoms with Crippen LogP contribution in [0.2, 0.25) is 0 Å². The number of anilines is 2. The van der Waals surface area contributed by atoms with Gasteiger partial charge in [-0.1, -0.05) is 47.9 Å². The molecule has 2 heterocycles. The average Bonchev–Trinajstić information content (AvgIpc) is 3.25. The normalized spacial score (nSPS) is 11.6. The van der Waals surface area contributed by atoms with Crippen molar-refractivity contribution >= 4 is 42.2 Å². The van der Waals surface area contributed by atoms with E-state index in [4.69, 9.17) is 0 Å². The van der Waals surface area contributed by atoms with Crippen LogP contribution in [0.3, 0.4) is 0 Å². The van der Waals surface area contributed by atoms with Crippen LogP contribution in [0, 0.1) is 0 Å². The molecule has 2 N–H and O–H groups in total. The molecule has 0 saturated carbocycles. The van der Waals surface area contributed by atoms with E-state index >= 15 is 0 Å². The number of carbonyl (C=O) groups is 1. The molecule has 4 rings (SSSR count). The summed E-state index contributed by atoms with van der Waals surface area (Å²) in [5.74, 6) is 0.435. The van der Waals surface area contributed by atoms with E-state index in [1.54, 1.807) is 6.20 Å². The highest BCUT2D eigenvalue weighted by Crippen LogP contribution is 2.28. The molecule has 0 fully saturated rings. The van der Waals surface area contributed by atoms with Gasteiger partial charge in [0.25, 0.3) is 5.91 Å². The molecule has 0 radical (unpaired) electrons. The Morgan fingerprint density at radius 2 is 1.87 bits per heavy atom. The first-order chi connectivity index (χ1) is 14.6. The molecule has 148 valence electrons. The van der Waals surface area contributed by atoms with E-state index < -0.39 is 0 Å². The maximum atomic E-state index is 12.7. The van der Waals surface area contributed by atoms with Crippen LogP contribution in [0.15, 0.2) is 79.0 Å². The van der Waals surface area contributed by atoms with Crippen molar-refractivity contribution < 1.29 is 4.79 Å². The molecule has 30 heavy (non-hydrogen) atoms. The quantitative estimate of drug-likeness (QED) is 0.474. The van der Waals surface area contributed by atoms with E-state index in [-0.39, 0.29) is 11.9 Å². The smallest absolute Gasteiger partial charge is 0.261 e. The van der Waals surface area contributed by atoms with Gasteiger partial charge in [0.05, 0.1) is 21.5 Å². The number of aromatic nitrogens is 2. The molecule has 7 heteroatoms. The van der Waals surface area contributed by atoms with Crippen LogP contribution < -0.4 is 16.1 Å². The second kappa shape index (κ2) is 8.92. The van der Waals surface area contributed by atoms with Crippen molar-refractivity contribution in [2.45, 2.75) is 13.0 Å². The molecule has 0 bridgehead atoms. The summed E-state index contributed by atoms with van der Waals surface area (Å²) in [7, 11) is 2.04. The van der Waals surface area contributed by atoms with Gasteiger partial charge < -0.3 is 10.6 Å². The standard InChI is InChI=1S/C23H21BN4OS/c1-15(16-6-3-2-4-7-16)26-22(29)21-11-10-20(30-21)19-12-13-25-23(28-19)27-18-9-5-8-17(24)14-18/h2-15H,24H2,1H3,(H,26,29)(H,25,27,28)/t15-/m1/s1. The zero-order valence-corrected chi connectivity index (χ0v) is 17.6. The Balaban J connectivity index is 1.47. The van der Waals surface area contributed by atoms with E-state index in [2.05, 4.69) is 20.6 Å². The minimum Gasteiger partial charge on any atom is -0.345 e. The molecule has 0 spiro atoms. The molecule has 1 atom stereocenters. The summed E-state index contributed by atoms with van der Waals surface area (Å²) in [6.45, 7) is 1.98. The van der Waals surface area contributed by atoms with Gasteiger partial charge >= 0.3 is 0 Å². The summed E-state index contributed by atoms with van der Waals surface area (Å²) in [6, 6.07) is 23.5. The van der Waals surface area contributed by atoms with Gasteiger partial charge in [-0.2, -0.15) is 0 Å². The second-order valence-corrected chi connectivity index (χ2v) is 8.11. The maximum absolute atomic E-state index is 12.7. The molecule has 0 aliphatic heterocycles. The van der Waals surface area contributed by atoms with Crippen LogP contribution in [-0.2, 0) is 0 Å². The van der Waals surface area contributed by atoms with Crippen LogP contribution >= 0.6 is 11.3 Å². The Hall–Kier alpha value is -3.45. The summed E-state index contributed by atoms with van der Waals surface area (Å²) in [6.07, 6.45) is 1.72. The monoisotopic (exact) mass is 412 g/mol. The highest BCUT2D eigenvalue weighted by atomic mass is 32.1. The molecular weight excluding hydrogens is 391 g/mol. The molecule has 2 aromatic heterocycles. The third kappa shape index (κ3) is 4.75. The lowest BCUT2D eigenvalue weighted by Crippen LogP contribution is -2.25. The third-order valence-corrected chi connectivity index (χ3v) is 5.77. The molecule has 0 unspecified atom stereocenters. The number of hydrogen-bond acceptors (Lipinski definition) is 5. The summed E-state index contributed by atoms with van der Waals surface area (Å²) in [5, 5.41) is 6.28. The minimum atomic E-state index is -0.0882. The van der Waals surface area contributed by atoms with Crippen LogP contribution in [0.5, 0.6) is 0 Å². The SMILES string of the molecule is Bc1cccc(Nc2nccc(-c3ccc(C(=O)N[C@H](C)c4ccccc4)s3)n2)c1. The molecule has 0 saturated heterocycles. The maximum Gasteiger partial charge on any atom is 0.261 e. The fraction of sp³-hybridized carbons (Fsp3) is 0.0870. The van der Waals surface area contributed by atoms with Gasteiger partial charge in [0, 0.05) is 11.9 Å². The van der Waals surface area contributed by atoms with Crippen LogP contribution in [0.25, 0.3) is 10.6 Å². The zero-order chi connectivity index (χ0) is 20.9. The molecule has 0 aliphatic carbocycles. The van der Waals surface area contributed by atoms with E-state index in [0.717, 1.165) is 27.3 Å². The number of nitrogens with one attached hydrogen (secondary N) is 2. The molecule has 2 aromatic carbocycles. The number of carbonyl (C=O) groups excluding carboxylic acids is 1. The number of amides is 1. The topological polar surface area (TPSA) is 66.9 Å². The predicted molar refractivity (Wildman–Crippen MR) is 126 cm³/mol. The zero-order valence-electron chi connectivity index (χ0n) is 16.8. The largest absolute Gasteiger partial charge is 0.345 e. The van der Waals surface area contributed by atoms with Gasteiger partial charge in [0.1, 0.15) is 7.85 Å². The number of rotatable bonds is 6. The Bertz CT molecular complexity index is 1160. The van der Waals surface area contributed by atoms with Crippen molar-refractivity contribution in [3.8, 4) is 10.6 Å². The van der Waals surface area contributed by atoms with Gasteiger partial charge in [0.15, 0.2) is 0 Å². The van der Waals surface area contributed by atoms with Crippen LogP contribution in [0.1, 0.15) is 28.2 Å². The molecule has 5 nitrogen and oxygen atoms in total. The van der Waals surface area contributed by atoms with Crippen molar-refractivity contribution in [3.63, 3.8) is 0 Å². The summed E-state index contributed by atoms with van der Waals surface area (Å²) < 4.78 is 0. The Labute approximate surface area is 180 Å². The van der Waals surface area contributed by atoms with Gasteiger partial charge in [-0.3, -0.25) is 4.79 Å². The van der Waals surface area contributed by atoms with Gasteiger partial charge in [0.2, 0.25) is 5.95 Å². The number of thiophene rings is 1. The highest BCUT2D eigenvalue weighted by molar-refractivity contribution is 7.17. The van der Waals surface area contributed by atoms with Crippen LogP contribution in [0.4, 0.5) is 11.6 Å². The lowest BCUT2D eigenvalue weighted by Gasteiger charge is -2.13. The highest BCUT2D eigenvalue weighted by Gasteiger charge is 2.15. The second-order valence-electron chi connectivity index (χ2n) is 7.03. The molecule has 0 aliphatic rings. The van der Waals surface area contributed by atoms with Crippen LogP contribution in [-0.4, -0.2) is 23.7 Å². The van der Waals surface area contributed by atoms with Crippen molar-refractivity contribution in [1.29, 1.82) is 0 Å². The van der Waals surface area contributed by atoms with Crippen molar-refractivity contribution in [3.05, 3.63) is 89.4 Å². The van der Waals surface area contributed by atoms with E-state index in [1.165, 1.54) is 11.3 Å². The minimum absolute atomic E-state index is 0.0616. The van der Waals surface area contributed by atoms with E-state index in [1.807, 2.05) is 87.6 Å². The number of benzene rings is 2. The molecule has 1 amide bonds. The third-order valence-electron chi connectivity index (χ3n) is 4.66. The summed E-state index contributed by atoms with van der Waals surface area (Å²) in [5.41, 5.74) is 3.95. The first-order valence-corrected chi connectivity index (χ1v) is 10.5. The van der Waals surface area contributed by atoms with Crippen molar-refractivity contribution in [1.82, 2.24) is 15.3 Å². The summed E-state index contributed by atoms with van der Waals surface area (Å²) >= 11 is 1.42. The Morgan fingerprint density at radius 1 is 1.03 bits per heavy atom. The Kier molecular flexibility index (Phi) is 5.91. The molecular formula is C23H21BN4OS. The number of nitrogens with zero attached hydrogens (tertiary/aromatic N) is 2. The summed E-state index contributed by atoms with van der Waals surface area (Å²) in [4.78, 5) is 23.2. The average molecular weight is 412 g/mol. The molecule has 4 aromatic rings.